The second-order valence-electron chi connectivity index (χ2n) is 8.37. The van der Waals surface area contributed by atoms with Gasteiger partial charge in [0.25, 0.3) is 5.91 Å². The molecule has 0 unspecified atom stereocenters. The first-order valence-corrected chi connectivity index (χ1v) is 10.7. The van der Waals surface area contributed by atoms with Gasteiger partial charge in [-0.2, -0.15) is 13.2 Å². The van der Waals surface area contributed by atoms with Crippen LogP contribution in [0.3, 0.4) is 0 Å². The number of carbonyl (C=O) groups is 1. The highest BCUT2D eigenvalue weighted by Crippen LogP contribution is 2.38. The number of rotatable bonds is 4. The zero-order chi connectivity index (χ0) is 23.9. The summed E-state index contributed by atoms with van der Waals surface area (Å²) in [6.07, 6.45) is 1.69. The number of hydrogen-bond acceptors (Lipinski definition) is 6. The Balaban J connectivity index is 1.38. The van der Waals surface area contributed by atoms with E-state index in [0.717, 1.165) is 31.1 Å². The van der Waals surface area contributed by atoms with Gasteiger partial charge in [-0.3, -0.25) is 9.78 Å². The Morgan fingerprint density at radius 1 is 1.03 bits per heavy atom. The highest BCUT2D eigenvalue weighted by molar-refractivity contribution is 5.99. The number of hydrogen-bond donors (Lipinski definition) is 0. The maximum atomic E-state index is 13.6. The van der Waals surface area contributed by atoms with Crippen molar-refractivity contribution in [3.63, 3.8) is 0 Å². The Kier molecular flexibility index (Phi) is 5.62. The van der Waals surface area contributed by atoms with Crippen molar-refractivity contribution in [2.24, 2.45) is 5.92 Å². The molecule has 176 valence electrons. The fourth-order valence-electron chi connectivity index (χ4n) is 4.61. The lowest BCUT2D eigenvalue weighted by Crippen LogP contribution is -2.59. The van der Waals surface area contributed by atoms with E-state index in [0.29, 0.717) is 19.4 Å². The molecule has 5 heterocycles. The second kappa shape index (κ2) is 8.62. The first-order valence-electron chi connectivity index (χ1n) is 10.7. The maximum absolute atomic E-state index is 13.6. The fraction of sp³-hybridized carbons (Fsp3) is 0.348. The fourth-order valence-corrected chi connectivity index (χ4v) is 4.61. The van der Waals surface area contributed by atoms with Crippen LogP contribution in [-0.2, 0) is 6.18 Å². The zero-order valence-electron chi connectivity index (χ0n) is 17.7. The van der Waals surface area contributed by atoms with Gasteiger partial charge in [0, 0.05) is 25.0 Å². The molecule has 3 aromatic heterocycles. The molecule has 6 rings (SSSR count). The van der Waals surface area contributed by atoms with E-state index < -0.39 is 23.7 Å². The molecule has 0 aromatic carbocycles. The van der Waals surface area contributed by atoms with Gasteiger partial charge in [-0.1, -0.05) is 0 Å². The molecule has 2 aliphatic heterocycles. The normalized spacial score (nSPS) is 22.0. The van der Waals surface area contributed by atoms with E-state index in [4.69, 9.17) is 4.74 Å². The van der Waals surface area contributed by atoms with Crippen molar-refractivity contribution in [2.75, 3.05) is 6.54 Å². The molecule has 3 aromatic rings. The minimum Gasteiger partial charge on any atom is -0.472 e. The smallest absolute Gasteiger partial charge is 0.417 e. The number of amides is 1. The Morgan fingerprint density at radius 3 is 2.50 bits per heavy atom. The Morgan fingerprint density at radius 2 is 1.82 bits per heavy atom. The molecule has 11 heteroatoms. The minimum absolute atomic E-state index is 0.0831. The third kappa shape index (κ3) is 4.29. The highest BCUT2D eigenvalue weighted by atomic mass is 19.4. The largest absolute Gasteiger partial charge is 0.472 e. The van der Waals surface area contributed by atoms with Gasteiger partial charge in [-0.25, -0.2) is 19.3 Å². The van der Waals surface area contributed by atoms with Crippen molar-refractivity contribution in [3.8, 4) is 17.4 Å². The molecule has 3 atom stereocenters. The third-order valence-electron chi connectivity index (χ3n) is 6.19. The maximum Gasteiger partial charge on any atom is 0.417 e. The molecular formula is C23H19F4N5O2. The zero-order valence-corrected chi connectivity index (χ0v) is 17.7. The number of ether oxygens (including phenoxy) is 1. The van der Waals surface area contributed by atoms with Gasteiger partial charge in [0.05, 0.1) is 29.6 Å². The molecule has 34 heavy (non-hydrogen) atoms. The number of halogens is 4. The van der Waals surface area contributed by atoms with E-state index in [1.807, 2.05) is 0 Å². The molecule has 2 saturated heterocycles. The summed E-state index contributed by atoms with van der Waals surface area (Å²) in [6.45, 7) is 0.530. The van der Waals surface area contributed by atoms with Crippen LogP contribution in [0.4, 0.5) is 17.6 Å². The summed E-state index contributed by atoms with van der Waals surface area (Å²) in [5, 5.41) is 0. The molecule has 7 nitrogen and oxygen atoms in total. The number of alkyl halides is 3. The van der Waals surface area contributed by atoms with Crippen LogP contribution in [0, 0.1) is 11.7 Å². The summed E-state index contributed by atoms with van der Waals surface area (Å²) in [7, 11) is 0. The van der Waals surface area contributed by atoms with Crippen LogP contribution in [0.15, 0.2) is 49.1 Å². The van der Waals surface area contributed by atoms with Gasteiger partial charge in [-0.15, -0.1) is 0 Å². The first kappa shape index (κ1) is 22.2. The van der Waals surface area contributed by atoms with Gasteiger partial charge in [0.2, 0.25) is 5.88 Å². The van der Waals surface area contributed by atoms with E-state index in [-0.39, 0.29) is 40.8 Å². The van der Waals surface area contributed by atoms with Crippen LogP contribution in [0.1, 0.15) is 35.2 Å². The standard InChI is InChI=1S/C23H19F4N5O2/c24-15-10-30-21(31-11-15)20-16(2-1-7-28-20)22(33)32-12-13-3-5-17(32)18(8-13)34-19-6-4-14(9-29-19)23(25,26)27/h1-2,4,6-7,9-11,13,17-18H,3,5,8,12H2/t13-,17+,18-/m1/s1. The Bertz CT molecular complexity index is 1190. The van der Waals surface area contributed by atoms with Crippen molar-refractivity contribution in [2.45, 2.75) is 37.6 Å². The van der Waals surface area contributed by atoms with E-state index in [9.17, 15) is 22.4 Å². The van der Waals surface area contributed by atoms with Crippen molar-refractivity contribution in [1.82, 2.24) is 24.8 Å². The first-order chi connectivity index (χ1) is 16.3. The molecule has 0 N–H and O–H groups in total. The summed E-state index contributed by atoms with van der Waals surface area (Å²) in [6, 6.07) is 5.10. The summed E-state index contributed by atoms with van der Waals surface area (Å²) in [5.74, 6) is -0.471. The molecule has 0 radical (unpaired) electrons. The predicted molar refractivity (Wildman–Crippen MR) is 111 cm³/mol. The molecule has 1 saturated carbocycles. The van der Waals surface area contributed by atoms with Crippen LogP contribution >= 0.6 is 0 Å². The average Bonchev–Trinajstić information content (AvgIpc) is 2.84. The molecule has 3 fully saturated rings. The SMILES string of the molecule is O=C(c1cccnc1-c1ncc(F)cn1)N1C[C@@H]2CC[C@H]1[C@H](Oc1ccc(C(F)(F)F)cn1)C2. The van der Waals surface area contributed by atoms with E-state index in [1.54, 1.807) is 17.0 Å². The topological polar surface area (TPSA) is 81.1 Å². The van der Waals surface area contributed by atoms with Crippen LogP contribution in [0.5, 0.6) is 5.88 Å². The molecular weight excluding hydrogens is 454 g/mol. The van der Waals surface area contributed by atoms with Crippen LogP contribution in [-0.4, -0.2) is 49.4 Å². The van der Waals surface area contributed by atoms with E-state index in [2.05, 4.69) is 19.9 Å². The van der Waals surface area contributed by atoms with Crippen molar-refractivity contribution >= 4 is 5.91 Å². The summed E-state index contributed by atoms with van der Waals surface area (Å²) >= 11 is 0. The van der Waals surface area contributed by atoms with Gasteiger partial charge < -0.3 is 9.64 Å². The number of aromatic nitrogens is 4. The van der Waals surface area contributed by atoms with Crippen molar-refractivity contribution in [3.05, 3.63) is 66.0 Å². The van der Waals surface area contributed by atoms with Gasteiger partial charge in [0.1, 0.15) is 11.8 Å². The van der Waals surface area contributed by atoms with E-state index >= 15 is 0 Å². The number of fused-ring (bicyclic) bond motifs is 3. The highest BCUT2D eigenvalue weighted by Gasteiger charge is 2.45. The van der Waals surface area contributed by atoms with E-state index in [1.165, 1.54) is 12.3 Å². The lowest BCUT2D eigenvalue weighted by Gasteiger charge is -2.49. The molecule has 2 bridgehead atoms. The molecule has 1 amide bonds. The lowest BCUT2D eigenvalue weighted by atomic mass is 9.77. The Hall–Kier alpha value is -3.63. The molecule has 3 aliphatic rings. The number of carbonyl (C=O) groups excluding carboxylic acids is 1. The minimum atomic E-state index is -4.48. The van der Waals surface area contributed by atoms with Crippen molar-refractivity contribution < 1.29 is 27.1 Å². The van der Waals surface area contributed by atoms with Crippen LogP contribution in [0.25, 0.3) is 11.5 Å². The summed E-state index contributed by atoms with van der Waals surface area (Å²) < 4.78 is 57.7. The predicted octanol–water partition coefficient (Wildman–Crippen LogP) is 4.16. The van der Waals surface area contributed by atoms with Crippen LogP contribution < -0.4 is 4.74 Å². The third-order valence-corrected chi connectivity index (χ3v) is 6.19. The second-order valence-corrected chi connectivity index (χ2v) is 8.37. The number of pyridine rings is 2. The van der Waals surface area contributed by atoms with Gasteiger partial charge in [0.15, 0.2) is 11.6 Å². The molecule has 1 aliphatic carbocycles. The number of piperidine rings is 2. The molecule has 0 spiro atoms. The van der Waals surface area contributed by atoms with Crippen LogP contribution in [0.2, 0.25) is 0 Å². The summed E-state index contributed by atoms with van der Waals surface area (Å²) in [5.41, 5.74) is -0.321. The lowest BCUT2D eigenvalue weighted by molar-refractivity contribution is -0.137. The number of nitrogens with zero attached hydrogens (tertiary/aromatic N) is 5. The van der Waals surface area contributed by atoms with Gasteiger partial charge >= 0.3 is 6.18 Å². The quantitative estimate of drug-likeness (QED) is 0.530. The monoisotopic (exact) mass is 473 g/mol. The van der Waals surface area contributed by atoms with Gasteiger partial charge in [-0.05, 0) is 43.4 Å². The average molecular weight is 473 g/mol. The summed E-state index contributed by atoms with van der Waals surface area (Å²) in [4.78, 5) is 31.2. The van der Waals surface area contributed by atoms with Crippen molar-refractivity contribution in [1.29, 1.82) is 0 Å². The Labute approximate surface area is 191 Å².